The van der Waals surface area contributed by atoms with E-state index >= 15 is 0 Å². The van der Waals surface area contributed by atoms with Gasteiger partial charge in [0.15, 0.2) is 5.76 Å². The second-order valence-electron chi connectivity index (χ2n) is 8.00. The molecule has 0 atom stereocenters. The lowest BCUT2D eigenvalue weighted by Crippen LogP contribution is -2.13. The number of benzene rings is 3. The van der Waals surface area contributed by atoms with Crippen LogP contribution < -0.4 is 5.32 Å². The van der Waals surface area contributed by atoms with E-state index in [1.54, 1.807) is 12.1 Å². The lowest BCUT2D eigenvalue weighted by molar-refractivity contribution is 0.102. The first-order chi connectivity index (χ1) is 16.6. The van der Waals surface area contributed by atoms with E-state index in [-0.39, 0.29) is 17.8 Å². The second kappa shape index (κ2) is 9.19. The van der Waals surface area contributed by atoms with Crippen LogP contribution in [0, 0.1) is 6.92 Å². The SMILES string of the molecule is CCc1ccc(-c2ccc(-c3ccc(C)c(C(=O)Nc4nnc(-c5ccco5)o4)c3)cc2)cc1. The maximum atomic E-state index is 12.9. The summed E-state index contributed by atoms with van der Waals surface area (Å²) >= 11 is 0. The zero-order valence-corrected chi connectivity index (χ0v) is 18.9. The molecular formula is C28H23N3O3. The van der Waals surface area contributed by atoms with Crippen LogP contribution in [0.2, 0.25) is 0 Å². The minimum absolute atomic E-state index is 0.0136. The number of carbonyl (C=O) groups excluding carboxylic acids is 1. The topological polar surface area (TPSA) is 81.2 Å². The molecule has 5 aromatic rings. The molecule has 0 saturated carbocycles. The van der Waals surface area contributed by atoms with E-state index in [0.717, 1.165) is 28.7 Å². The smallest absolute Gasteiger partial charge is 0.322 e. The van der Waals surface area contributed by atoms with Crippen molar-refractivity contribution in [3.8, 4) is 33.9 Å². The summed E-state index contributed by atoms with van der Waals surface area (Å²) in [5.41, 5.74) is 7.02. The Balaban J connectivity index is 1.35. The van der Waals surface area contributed by atoms with Crippen molar-refractivity contribution in [3.05, 3.63) is 102 Å². The third kappa shape index (κ3) is 4.38. The van der Waals surface area contributed by atoms with Gasteiger partial charge in [0.05, 0.1) is 6.26 Å². The number of carbonyl (C=O) groups is 1. The Bertz CT molecular complexity index is 1420. The normalized spacial score (nSPS) is 10.9. The minimum Gasteiger partial charge on any atom is -0.459 e. The summed E-state index contributed by atoms with van der Waals surface area (Å²) in [6, 6.07) is 26.2. The first kappa shape index (κ1) is 21.4. The summed E-state index contributed by atoms with van der Waals surface area (Å²) in [5, 5.41) is 10.5. The fourth-order valence-electron chi connectivity index (χ4n) is 3.77. The molecule has 0 spiro atoms. The molecule has 0 aliphatic heterocycles. The molecule has 2 aromatic heterocycles. The van der Waals surface area contributed by atoms with Gasteiger partial charge in [0.25, 0.3) is 11.8 Å². The predicted octanol–water partition coefficient (Wildman–Crippen LogP) is 6.79. The summed E-state index contributed by atoms with van der Waals surface area (Å²) in [5.74, 6) is 0.327. The Labute approximate surface area is 197 Å². The highest BCUT2D eigenvalue weighted by atomic mass is 16.4. The number of hydrogen-bond acceptors (Lipinski definition) is 5. The zero-order chi connectivity index (χ0) is 23.5. The second-order valence-corrected chi connectivity index (χ2v) is 8.00. The predicted molar refractivity (Wildman–Crippen MR) is 131 cm³/mol. The maximum Gasteiger partial charge on any atom is 0.322 e. The van der Waals surface area contributed by atoms with Gasteiger partial charge in [-0.05, 0) is 64.9 Å². The number of rotatable bonds is 6. The molecule has 6 nitrogen and oxygen atoms in total. The molecule has 6 heteroatoms. The Kier molecular flexibility index (Phi) is 5.79. The standard InChI is InChI=1S/C28H23N3O3/c1-3-19-7-10-20(11-8-19)21-12-14-22(15-13-21)23-9-6-18(2)24(17-23)26(32)29-28-31-30-27(34-28)25-5-4-16-33-25/h4-17H,3H2,1-2H3,(H,29,31,32). The van der Waals surface area contributed by atoms with Gasteiger partial charge in [-0.15, -0.1) is 5.10 Å². The van der Waals surface area contributed by atoms with Crippen LogP contribution >= 0.6 is 0 Å². The van der Waals surface area contributed by atoms with Crippen molar-refractivity contribution in [2.45, 2.75) is 20.3 Å². The Hall–Kier alpha value is -4.45. The van der Waals surface area contributed by atoms with Crippen LogP contribution in [0.25, 0.3) is 33.9 Å². The van der Waals surface area contributed by atoms with Crippen molar-refractivity contribution in [1.29, 1.82) is 0 Å². The molecule has 0 aliphatic rings. The van der Waals surface area contributed by atoms with Crippen LogP contribution in [0.5, 0.6) is 0 Å². The highest BCUT2D eigenvalue weighted by Crippen LogP contribution is 2.27. The number of nitrogens with one attached hydrogen (secondary N) is 1. The average molecular weight is 450 g/mol. The Morgan fingerprint density at radius 3 is 2.15 bits per heavy atom. The molecule has 168 valence electrons. The number of furan rings is 1. The van der Waals surface area contributed by atoms with Crippen molar-refractivity contribution >= 4 is 11.9 Å². The van der Waals surface area contributed by atoms with E-state index < -0.39 is 0 Å². The molecule has 3 aromatic carbocycles. The zero-order valence-electron chi connectivity index (χ0n) is 18.9. The fourth-order valence-corrected chi connectivity index (χ4v) is 3.77. The first-order valence-electron chi connectivity index (χ1n) is 11.1. The van der Waals surface area contributed by atoms with Gasteiger partial charge in [-0.1, -0.05) is 72.7 Å². The van der Waals surface area contributed by atoms with Crippen molar-refractivity contribution in [3.63, 3.8) is 0 Å². The maximum absolute atomic E-state index is 12.9. The molecule has 0 saturated heterocycles. The van der Waals surface area contributed by atoms with Gasteiger partial charge in [0, 0.05) is 5.56 Å². The van der Waals surface area contributed by atoms with E-state index in [4.69, 9.17) is 8.83 Å². The van der Waals surface area contributed by atoms with Gasteiger partial charge >= 0.3 is 6.01 Å². The molecule has 0 aliphatic carbocycles. The van der Waals surface area contributed by atoms with Gasteiger partial charge < -0.3 is 8.83 Å². The van der Waals surface area contributed by atoms with Crippen LogP contribution in [0.15, 0.2) is 94.0 Å². The van der Waals surface area contributed by atoms with E-state index in [1.807, 2.05) is 25.1 Å². The fraction of sp³-hybridized carbons (Fsp3) is 0.107. The van der Waals surface area contributed by atoms with Crippen LogP contribution in [0.1, 0.15) is 28.4 Å². The summed E-state index contributed by atoms with van der Waals surface area (Å²) in [6.07, 6.45) is 2.54. The lowest BCUT2D eigenvalue weighted by Gasteiger charge is -2.10. The first-order valence-corrected chi connectivity index (χ1v) is 11.1. The molecule has 0 unspecified atom stereocenters. The van der Waals surface area contributed by atoms with E-state index in [2.05, 4.69) is 71.0 Å². The molecule has 2 heterocycles. The molecule has 34 heavy (non-hydrogen) atoms. The monoisotopic (exact) mass is 449 g/mol. The number of nitrogens with zero attached hydrogens (tertiary/aromatic N) is 2. The quantitative estimate of drug-likeness (QED) is 0.309. The number of amides is 1. The van der Waals surface area contributed by atoms with Gasteiger partial charge in [0.1, 0.15) is 0 Å². The van der Waals surface area contributed by atoms with Crippen molar-refractivity contribution in [2.75, 3.05) is 5.32 Å². The summed E-state index contributed by atoms with van der Waals surface area (Å²) in [7, 11) is 0. The highest BCUT2D eigenvalue weighted by Gasteiger charge is 2.16. The highest BCUT2D eigenvalue weighted by molar-refractivity contribution is 6.05. The molecule has 0 radical (unpaired) electrons. The van der Waals surface area contributed by atoms with Crippen LogP contribution in [0.3, 0.4) is 0 Å². The molecular weight excluding hydrogens is 426 g/mol. The van der Waals surface area contributed by atoms with E-state index in [1.165, 1.54) is 17.4 Å². The number of hydrogen-bond donors (Lipinski definition) is 1. The summed E-state index contributed by atoms with van der Waals surface area (Å²) in [6.45, 7) is 4.05. The molecule has 0 fully saturated rings. The molecule has 5 rings (SSSR count). The average Bonchev–Trinajstić information content (AvgIpc) is 3.57. The summed E-state index contributed by atoms with van der Waals surface area (Å²) in [4.78, 5) is 12.9. The number of aromatic nitrogens is 2. The van der Waals surface area contributed by atoms with Crippen LogP contribution in [0.4, 0.5) is 6.01 Å². The minimum atomic E-state index is -0.318. The van der Waals surface area contributed by atoms with Gasteiger partial charge in [0.2, 0.25) is 0 Å². The van der Waals surface area contributed by atoms with Gasteiger partial charge in [-0.2, -0.15) is 0 Å². The van der Waals surface area contributed by atoms with Crippen LogP contribution in [-0.2, 0) is 6.42 Å². The van der Waals surface area contributed by atoms with Crippen molar-refractivity contribution < 1.29 is 13.6 Å². The van der Waals surface area contributed by atoms with Gasteiger partial charge in [-0.25, -0.2) is 0 Å². The third-order valence-corrected chi connectivity index (χ3v) is 5.77. The third-order valence-electron chi connectivity index (χ3n) is 5.77. The largest absolute Gasteiger partial charge is 0.459 e. The molecule has 0 bridgehead atoms. The number of aryl methyl sites for hydroxylation is 2. The number of anilines is 1. The van der Waals surface area contributed by atoms with Gasteiger partial charge in [-0.3, -0.25) is 10.1 Å². The Morgan fingerprint density at radius 2 is 1.50 bits per heavy atom. The van der Waals surface area contributed by atoms with Crippen LogP contribution in [-0.4, -0.2) is 16.1 Å². The summed E-state index contributed by atoms with van der Waals surface area (Å²) < 4.78 is 10.7. The molecule has 1 amide bonds. The van der Waals surface area contributed by atoms with E-state index in [9.17, 15) is 4.79 Å². The Morgan fingerprint density at radius 1 is 0.853 bits per heavy atom. The lowest BCUT2D eigenvalue weighted by atomic mass is 9.96. The van der Waals surface area contributed by atoms with Crippen molar-refractivity contribution in [1.82, 2.24) is 10.2 Å². The molecule has 1 N–H and O–H groups in total. The van der Waals surface area contributed by atoms with Crippen molar-refractivity contribution in [2.24, 2.45) is 0 Å². The van der Waals surface area contributed by atoms with E-state index in [0.29, 0.717) is 11.3 Å².